The number of carbonyl (C=O) groups is 2. The molecule has 1 aliphatic carbocycles. The maximum atomic E-state index is 12.4. The standard InChI is InChI=1S/C15H16Cl2N2O3/c1-15(9-5-6-9)13(20)19(14(21)18-15)7-8-22-12-10(16)3-2-4-11(12)17/h2-4,9H,5-8H2,1H3,(H,18,21). The normalized spacial score (nSPS) is 24.6. The Balaban J connectivity index is 1.62. The number of ether oxygens (including phenoxy) is 1. The molecule has 7 heteroatoms. The van der Waals surface area contributed by atoms with Crippen LogP contribution in [-0.2, 0) is 4.79 Å². The van der Waals surface area contributed by atoms with Gasteiger partial charge in [-0.2, -0.15) is 0 Å². The molecule has 2 aliphatic rings. The van der Waals surface area contributed by atoms with Gasteiger partial charge in [-0.15, -0.1) is 0 Å². The first-order valence-electron chi connectivity index (χ1n) is 7.14. The van der Waals surface area contributed by atoms with Crippen LogP contribution < -0.4 is 10.1 Å². The summed E-state index contributed by atoms with van der Waals surface area (Å²) < 4.78 is 5.53. The van der Waals surface area contributed by atoms with Crippen LogP contribution in [0.3, 0.4) is 0 Å². The van der Waals surface area contributed by atoms with E-state index in [9.17, 15) is 9.59 Å². The number of imide groups is 1. The number of hydrogen-bond acceptors (Lipinski definition) is 3. The number of nitrogens with zero attached hydrogens (tertiary/aromatic N) is 1. The average Bonchev–Trinajstić information content (AvgIpc) is 3.27. The summed E-state index contributed by atoms with van der Waals surface area (Å²) in [7, 11) is 0. The monoisotopic (exact) mass is 342 g/mol. The highest BCUT2D eigenvalue weighted by atomic mass is 35.5. The number of nitrogens with one attached hydrogen (secondary N) is 1. The van der Waals surface area contributed by atoms with Gasteiger partial charge in [0.2, 0.25) is 0 Å². The van der Waals surface area contributed by atoms with Gasteiger partial charge in [0, 0.05) is 0 Å². The molecule has 1 aliphatic heterocycles. The molecule has 0 radical (unpaired) electrons. The minimum absolute atomic E-state index is 0.142. The summed E-state index contributed by atoms with van der Waals surface area (Å²) in [6.07, 6.45) is 1.95. The van der Waals surface area contributed by atoms with Crippen LogP contribution in [0, 0.1) is 5.92 Å². The molecule has 1 N–H and O–H groups in total. The minimum atomic E-state index is -0.765. The van der Waals surface area contributed by atoms with E-state index in [1.54, 1.807) is 25.1 Å². The Morgan fingerprint density at radius 1 is 1.32 bits per heavy atom. The summed E-state index contributed by atoms with van der Waals surface area (Å²) in [6.45, 7) is 2.09. The highest BCUT2D eigenvalue weighted by Crippen LogP contribution is 2.42. The van der Waals surface area contributed by atoms with Crippen LogP contribution in [0.25, 0.3) is 0 Å². The molecular formula is C15H16Cl2N2O3. The summed E-state index contributed by atoms with van der Waals surface area (Å²) in [4.78, 5) is 25.6. The molecule has 1 aromatic carbocycles. The largest absolute Gasteiger partial charge is 0.489 e. The number of benzene rings is 1. The number of para-hydroxylation sites is 1. The quantitative estimate of drug-likeness (QED) is 0.836. The molecule has 1 heterocycles. The molecule has 2 fully saturated rings. The van der Waals surface area contributed by atoms with Gasteiger partial charge in [-0.1, -0.05) is 29.3 Å². The van der Waals surface area contributed by atoms with Crippen molar-refractivity contribution in [2.75, 3.05) is 13.2 Å². The van der Waals surface area contributed by atoms with E-state index < -0.39 is 5.54 Å². The van der Waals surface area contributed by atoms with Crippen molar-refractivity contribution in [3.05, 3.63) is 28.2 Å². The van der Waals surface area contributed by atoms with Gasteiger partial charge in [-0.3, -0.25) is 9.69 Å². The molecule has 22 heavy (non-hydrogen) atoms. The third kappa shape index (κ3) is 2.63. The number of urea groups is 1. The second-order valence-electron chi connectivity index (χ2n) is 5.76. The van der Waals surface area contributed by atoms with Gasteiger partial charge >= 0.3 is 6.03 Å². The van der Waals surface area contributed by atoms with Crippen LogP contribution in [0.15, 0.2) is 18.2 Å². The number of amides is 3. The third-order valence-corrected chi connectivity index (χ3v) is 4.77. The number of halogens is 2. The maximum Gasteiger partial charge on any atom is 0.325 e. The summed E-state index contributed by atoms with van der Waals surface area (Å²) in [5.41, 5.74) is -0.765. The molecular weight excluding hydrogens is 327 g/mol. The first-order valence-corrected chi connectivity index (χ1v) is 7.90. The van der Waals surface area contributed by atoms with Crippen LogP contribution in [-0.4, -0.2) is 35.5 Å². The van der Waals surface area contributed by atoms with Gasteiger partial charge in [0.05, 0.1) is 16.6 Å². The van der Waals surface area contributed by atoms with Gasteiger partial charge in [-0.25, -0.2) is 4.79 Å². The highest BCUT2D eigenvalue weighted by Gasteiger charge is 2.55. The fraction of sp³-hybridized carbons (Fsp3) is 0.467. The Bertz CT molecular complexity index is 613. The van der Waals surface area contributed by atoms with Crippen LogP contribution >= 0.6 is 23.2 Å². The third-order valence-electron chi connectivity index (χ3n) is 4.18. The summed E-state index contributed by atoms with van der Waals surface area (Å²) in [5, 5.41) is 3.58. The van der Waals surface area contributed by atoms with Crippen LogP contribution in [0.4, 0.5) is 4.79 Å². The first-order chi connectivity index (χ1) is 10.4. The van der Waals surface area contributed by atoms with E-state index in [-0.39, 0.29) is 31.0 Å². The van der Waals surface area contributed by atoms with E-state index in [4.69, 9.17) is 27.9 Å². The van der Waals surface area contributed by atoms with Crippen LogP contribution in [0.5, 0.6) is 5.75 Å². The number of carbonyl (C=O) groups excluding carboxylic acids is 2. The Hall–Kier alpha value is -1.46. The fourth-order valence-corrected chi connectivity index (χ4v) is 3.22. The van der Waals surface area contributed by atoms with Crippen molar-refractivity contribution in [3.8, 4) is 5.75 Å². The molecule has 3 rings (SSSR count). The molecule has 118 valence electrons. The van der Waals surface area contributed by atoms with Crippen molar-refractivity contribution in [3.63, 3.8) is 0 Å². The molecule has 5 nitrogen and oxygen atoms in total. The zero-order valence-electron chi connectivity index (χ0n) is 12.1. The van der Waals surface area contributed by atoms with Gasteiger partial charge in [0.25, 0.3) is 5.91 Å². The second-order valence-corrected chi connectivity index (χ2v) is 6.58. The Morgan fingerprint density at radius 2 is 1.95 bits per heavy atom. The molecule has 1 saturated carbocycles. The Morgan fingerprint density at radius 3 is 2.55 bits per heavy atom. The molecule has 3 amide bonds. The average molecular weight is 343 g/mol. The van der Waals surface area contributed by atoms with Crippen LogP contribution in [0.2, 0.25) is 10.0 Å². The lowest BCUT2D eigenvalue weighted by molar-refractivity contribution is -0.131. The topological polar surface area (TPSA) is 58.6 Å². The smallest absolute Gasteiger partial charge is 0.325 e. The van der Waals surface area contributed by atoms with Gasteiger partial charge in [0.1, 0.15) is 12.1 Å². The van der Waals surface area contributed by atoms with E-state index in [1.807, 2.05) is 0 Å². The lowest BCUT2D eigenvalue weighted by atomic mass is 9.96. The molecule has 1 unspecified atom stereocenters. The Kier molecular flexibility index (Phi) is 3.95. The number of hydrogen-bond donors (Lipinski definition) is 1. The van der Waals surface area contributed by atoms with Crippen molar-refractivity contribution in [1.82, 2.24) is 10.2 Å². The zero-order valence-corrected chi connectivity index (χ0v) is 13.6. The lowest BCUT2D eigenvalue weighted by Gasteiger charge is -2.21. The molecule has 0 bridgehead atoms. The first kappa shape index (κ1) is 15.4. The molecule has 0 aromatic heterocycles. The highest BCUT2D eigenvalue weighted by molar-refractivity contribution is 6.37. The molecule has 1 atom stereocenters. The van der Waals surface area contributed by atoms with E-state index in [2.05, 4.69) is 5.32 Å². The van der Waals surface area contributed by atoms with Crippen molar-refractivity contribution < 1.29 is 14.3 Å². The molecule has 1 saturated heterocycles. The van der Waals surface area contributed by atoms with Crippen molar-refractivity contribution >= 4 is 35.1 Å². The maximum absolute atomic E-state index is 12.4. The summed E-state index contributed by atoms with van der Waals surface area (Å²) in [6, 6.07) is 4.69. The van der Waals surface area contributed by atoms with Crippen LogP contribution in [0.1, 0.15) is 19.8 Å². The SMILES string of the molecule is CC1(C2CC2)NC(=O)N(CCOc2c(Cl)cccc2Cl)C1=O. The predicted octanol–water partition coefficient (Wildman–Crippen LogP) is 3.09. The van der Waals surface area contributed by atoms with E-state index in [0.29, 0.717) is 15.8 Å². The zero-order chi connectivity index (χ0) is 15.9. The van der Waals surface area contributed by atoms with Crippen molar-refractivity contribution in [2.24, 2.45) is 5.92 Å². The van der Waals surface area contributed by atoms with Crippen molar-refractivity contribution in [1.29, 1.82) is 0 Å². The predicted molar refractivity (Wildman–Crippen MR) is 83.3 cm³/mol. The number of rotatable bonds is 5. The second kappa shape index (κ2) is 5.63. The fourth-order valence-electron chi connectivity index (χ4n) is 2.72. The van der Waals surface area contributed by atoms with Gasteiger partial charge in [-0.05, 0) is 37.8 Å². The lowest BCUT2D eigenvalue weighted by Crippen LogP contribution is -2.46. The summed E-state index contributed by atoms with van der Waals surface area (Å²) >= 11 is 12.0. The van der Waals surface area contributed by atoms with Gasteiger partial charge in [0.15, 0.2) is 5.75 Å². The molecule has 1 aromatic rings. The van der Waals surface area contributed by atoms with E-state index >= 15 is 0 Å². The van der Waals surface area contributed by atoms with E-state index in [0.717, 1.165) is 12.8 Å². The van der Waals surface area contributed by atoms with E-state index in [1.165, 1.54) is 4.90 Å². The minimum Gasteiger partial charge on any atom is -0.489 e. The molecule has 0 spiro atoms. The Labute approximate surface area is 138 Å². The summed E-state index contributed by atoms with van der Waals surface area (Å²) in [5.74, 6) is 0.421. The van der Waals surface area contributed by atoms with Crippen molar-refractivity contribution in [2.45, 2.75) is 25.3 Å². The van der Waals surface area contributed by atoms with Gasteiger partial charge < -0.3 is 10.1 Å².